The minimum atomic E-state index is -4.84. The first-order chi connectivity index (χ1) is 16.1. The van der Waals surface area contributed by atoms with E-state index in [2.05, 4.69) is 6.58 Å². The molecule has 4 rings (SSSR count). The van der Waals surface area contributed by atoms with Crippen LogP contribution in [0.25, 0.3) is 33.0 Å². The van der Waals surface area contributed by atoms with Crippen LogP contribution in [0.3, 0.4) is 0 Å². The maximum absolute atomic E-state index is 15.0. The first-order valence-electron chi connectivity index (χ1n) is 10.3. The molecule has 7 heteroatoms. The molecular weight excluding hydrogens is 457 g/mol. The second-order valence-electron chi connectivity index (χ2n) is 7.82. The third-order valence-electron chi connectivity index (χ3n) is 5.57. The number of allylic oxidation sites excluding steroid dienone is 1. The van der Waals surface area contributed by atoms with Crippen molar-refractivity contribution in [3.8, 4) is 22.3 Å². The lowest BCUT2D eigenvalue weighted by Crippen LogP contribution is -2.08. The second-order valence-corrected chi connectivity index (χ2v) is 7.82. The summed E-state index contributed by atoms with van der Waals surface area (Å²) in [5, 5.41) is -0.102. The molecular formula is C27H17F7. The van der Waals surface area contributed by atoms with E-state index in [0.717, 1.165) is 18.2 Å². The number of halogens is 7. The van der Waals surface area contributed by atoms with Crippen molar-refractivity contribution in [3.05, 3.63) is 108 Å². The van der Waals surface area contributed by atoms with E-state index in [1.165, 1.54) is 36.4 Å². The Labute approximate surface area is 191 Å². The fourth-order valence-corrected chi connectivity index (χ4v) is 3.90. The molecule has 0 aliphatic rings. The molecule has 4 aromatic carbocycles. The van der Waals surface area contributed by atoms with Gasteiger partial charge in [0, 0.05) is 10.9 Å². The smallest absolute Gasteiger partial charge is 0.206 e. The van der Waals surface area contributed by atoms with Gasteiger partial charge < -0.3 is 0 Å². The van der Waals surface area contributed by atoms with E-state index in [4.69, 9.17) is 0 Å². The van der Waals surface area contributed by atoms with Gasteiger partial charge in [-0.25, -0.2) is 17.6 Å². The molecule has 0 radical (unpaired) electrons. The quantitative estimate of drug-likeness (QED) is 0.200. The van der Waals surface area contributed by atoms with E-state index in [9.17, 15) is 30.7 Å². The highest BCUT2D eigenvalue weighted by Crippen LogP contribution is 2.37. The fraction of sp³-hybridized carbons (Fsp3) is 0.111. The minimum Gasteiger partial charge on any atom is -0.206 e. The third kappa shape index (κ3) is 4.42. The van der Waals surface area contributed by atoms with Crippen LogP contribution in [0.5, 0.6) is 0 Å². The van der Waals surface area contributed by atoms with Crippen molar-refractivity contribution in [1.82, 2.24) is 0 Å². The molecule has 0 spiro atoms. The highest BCUT2D eigenvalue weighted by atomic mass is 19.4. The predicted octanol–water partition coefficient (Wildman–Crippen LogP) is 8.87. The number of fused-ring (bicyclic) bond motifs is 1. The number of benzene rings is 4. The Hall–Kier alpha value is -3.61. The summed E-state index contributed by atoms with van der Waals surface area (Å²) in [5.74, 6) is -3.85. The van der Waals surface area contributed by atoms with Gasteiger partial charge >= 0.3 is 6.18 Å². The van der Waals surface area contributed by atoms with Crippen molar-refractivity contribution >= 4 is 10.8 Å². The Balaban J connectivity index is 1.72. The Bertz CT molecular complexity index is 1380. The van der Waals surface area contributed by atoms with Gasteiger partial charge in [-0.15, -0.1) is 6.58 Å². The molecule has 0 aromatic heterocycles. The molecule has 0 heterocycles. The lowest BCUT2D eigenvalue weighted by Gasteiger charge is -2.12. The number of rotatable bonds is 5. The van der Waals surface area contributed by atoms with Crippen molar-refractivity contribution in [1.29, 1.82) is 0 Å². The van der Waals surface area contributed by atoms with Crippen molar-refractivity contribution in [3.63, 3.8) is 0 Å². The van der Waals surface area contributed by atoms with Crippen molar-refractivity contribution in [2.75, 3.05) is 0 Å². The van der Waals surface area contributed by atoms with Crippen LogP contribution in [-0.2, 0) is 12.6 Å². The summed E-state index contributed by atoms with van der Waals surface area (Å²) in [6.07, 6.45) is -2.24. The molecule has 0 amide bonds. The lowest BCUT2D eigenvalue weighted by atomic mass is 9.95. The molecule has 0 fully saturated rings. The molecule has 0 nitrogen and oxygen atoms in total. The topological polar surface area (TPSA) is 0 Å². The predicted molar refractivity (Wildman–Crippen MR) is 118 cm³/mol. The summed E-state index contributed by atoms with van der Waals surface area (Å²) in [7, 11) is 0. The van der Waals surface area contributed by atoms with Crippen LogP contribution in [0, 0.1) is 23.3 Å². The number of aryl methyl sites for hydroxylation is 1. The Morgan fingerprint density at radius 1 is 0.735 bits per heavy atom. The summed E-state index contributed by atoms with van der Waals surface area (Å²) in [6, 6.07) is 11.6. The van der Waals surface area contributed by atoms with Crippen molar-refractivity contribution < 1.29 is 30.7 Å². The van der Waals surface area contributed by atoms with Crippen molar-refractivity contribution in [2.45, 2.75) is 19.0 Å². The third-order valence-corrected chi connectivity index (χ3v) is 5.57. The molecule has 34 heavy (non-hydrogen) atoms. The first kappa shape index (κ1) is 23.5. The van der Waals surface area contributed by atoms with Gasteiger partial charge in [0.25, 0.3) is 0 Å². The van der Waals surface area contributed by atoms with Crippen LogP contribution < -0.4 is 0 Å². The van der Waals surface area contributed by atoms with Gasteiger partial charge in [-0.2, -0.15) is 13.2 Å². The Kier molecular flexibility index (Phi) is 6.21. The number of hydrogen-bond donors (Lipinski definition) is 0. The largest absolute Gasteiger partial charge is 0.419 e. The van der Waals surface area contributed by atoms with Gasteiger partial charge in [-0.1, -0.05) is 36.4 Å². The molecule has 0 unspecified atom stereocenters. The van der Waals surface area contributed by atoms with Crippen molar-refractivity contribution in [2.24, 2.45) is 0 Å². The van der Waals surface area contributed by atoms with Crippen LogP contribution in [0.15, 0.2) is 73.3 Å². The fourth-order valence-electron chi connectivity index (χ4n) is 3.90. The Morgan fingerprint density at radius 2 is 1.41 bits per heavy atom. The van der Waals surface area contributed by atoms with E-state index >= 15 is 0 Å². The maximum Gasteiger partial charge on any atom is 0.419 e. The monoisotopic (exact) mass is 474 g/mol. The zero-order chi connectivity index (χ0) is 24.6. The SMILES string of the molecule is C=CCCc1cc(F)c(-c2ccc(-c3ccc4c(F)c(C(F)(F)F)ccc4c3)c(F)c2)c(F)c1. The van der Waals surface area contributed by atoms with E-state index in [0.29, 0.717) is 24.5 Å². The molecule has 0 atom stereocenters. The van der Waals surface area contributed by atoms with Crippen LogP contribution in [0.2, 0.25) is 0 Å². The Morgan fingerprint density at radius 3 is 2.03 bits per heavy atom. The molecule has 4 aromatic rings. The minimum absolute atomic E-state index is 0.00632. The summed E-state index contributed by atoms with van der Waals surface area (Å²) in [5.41, 5.74) is -0.984. The number of hydrogen-bond acceptors (Lipinski definition) is 0. The summed E-state index contributed by atoms with van der Waals surface area (Å²) >= 11 is 0. The second kappa shape index (κ2) is 8.97. The normalized spacial score (nSPS) is 11.7. The van der Waals surface area contributed by atoms with Crippen LogP contribution in [0.1, 0.15) is 17.5 Å². The molecule has 0 saturated carbocycles. The van der Waals surface area contributed by atoms with Crippen LogP contribution >= 0.6 is 0 Å². The summed E-state index contributed by atoms with van der Waals surface area (Å²) in [4.78, 5) is 0. The average Bonchev–Trinajstić information content (AvgIpc) is 2.76. The molecule has 0 saturated heterocycles. The molecule has 174 valence electrons. The summed E-state index contributed by atoms with van der Waals surface area (Å²) in [6.45, 7) is 3.57. The highest BCUT2D eigenvalue weighted by molar-refractivity contribution is 5.89. The molecule has 0 aliphatic heterocycles. The summed E-state index contributed by atoms with van der Waals surface area (Å²) < 4.78 is 97.3. The van der Waals surface area contributed by atoms with Gasteiger partial charge in [-0.05, 0) is 65.3 Å². The van der Waals surface area contributed by atoms with Crippen LogP contribution in [-0.4, -0.2) is 0 Å². The average molecular weight is 474 g/mol. The molecule has 0 N–H and O–H groups in total. The van der Waals surface area contributed by atoms with Gasteiger partial charge in [0.2, 0.25) is 0 Å². The number of alkyl halides is 3. The zero-order valence-corrected chi connectivity index (χ0v) is 17.6. The lowest BCUT2D eigenvalue weighted by molar-refractivity contribution is -0.139. The van der Waals surface area contributed by atoms with Gasteiger partial charge in [0.1, 0.15) is 23.3 Å². The molecule has 0 aliphatic carbocycles. The standard InChI is InChI=1S/C27H17F7/c1-2-3-4-15-11-23(29)25(24(30)12-15)18-6-8-19(22(28)14-18)16-5-9-20-17(13-16)7-10-21(26(20)31)27(32,33)34/h2,5-14H,1,3-4H2. The first-order valence-corrected chi connectivity index (χ1v) is 10.3. The highest BCUT2D eigenvalue weighted by Gasteiger charge is 2.34. The van der Waals surface area contributed by atoms with E-state index < -0.39 is 35.0 Å². The van der Waals surface area contributed by atoms with Gasteiger partial charge in [-0.3, -0.25) is 0 Å². The zero-order valence-electron chi connectivity index (χ0n) is 17.6. The maximum atomic E-state index is 15.0. The van der Waals surface area contributed by atoms with E-state index in [1.807, 2.05) is 0 Å². The van der Waals surface area contributed by atoms with E-state index in [-0.39, 0.29) is 33.0 Å². The van der Waals surface area contributed by atoms with Gasteiger partial charge in [0.05, 0.1) is 11.1 Å². The van der Waals surface area contributed by atoms with Gasteiger partial charge in [0.15, 0.2) is 0 Å². The van der Waals surface area contributed by atoms with Crippen LogP contribution in [0.4, 0.5) is 30.7 Å². The van der Waals surface area contributed by atoms with E-state index in [1.54, 1.807) is 6.08 Å². The molecule has 0 bridgehead atoms.